The van der Waals surface area contributed by atoms with Crippen LogP contribution in [0.3, 0.4) is 0 Å². The van der Waals surface area contributed by atoms with E-state index < -0.39 is 10.8 Å². The second kappa shape index (κ2) is 2.85. The predicted molar refractivity (Wildman–Crippen MR) is 29.4 cm³/mol. The van der Waals surface area contributed by atoms with E-state index in [1.54, 1.807) is 0 Å². The minimum absolute atomic E-state index is 0.762. The van der Waals surface area contributed by atoms with Crippen molar-refractivity contribution in [2.24, 2.45) is 0 Å². The van der Waals surface area contributed by atoms with Gasteiger partial charge in [-0.25, -0.2) is 0 Å². The van der Waals surface area contributed by atoms with Crippen molar-refractivity contribution in [2.75, 3.05) is 0 Å². The van der Waals surface area contributed by atoms with E-state index in [4.69, 9.17) is 0 Å². The lowest BCUT2D eigenvalue weighted by molar-refractivity contribution is 0.151. The smallest absolute Gasteiger partial charge is 0.175 e. The Kier molecular flexibility index (Phi) is 2.81. The van der Waals surface area contributed by atoms with Crippen LogP contribution >= 0.6 is 23.2 Å². The molecule has 0 aromatic rings. The molecule has 58 valence electrons. The molecule has 0 aromatic carbocycles. The Morgan fingerprint density at radius 3 is 1.10 bits per heavy atom. The van der Waals surface area contributed by atoms with Gasteiger partial charge in [0, 0.05) is 0 Å². The van der Waals surface area contributed by atoms with Gasteiger partial charge in [-0.05, 0) is 35.0 Å². The van der Waals surface area contributed by atoms with Crippen LogP contribution in [-0.2, 0) is 0 Å². The highest BCUT2D eigenvalue weighted by molar-refractivity contribution is 6.25. The maximum Gasteiger partial charge on any atom is 0.386 e. The fourth-order valence-electron chi connectivity index (χ4n) is 0.142. The molecule has 10 heavy (non-hydrogen) atoms. The number of rotatable bonds is 0. The average Bonchev–Trinajstić information content (AvgIpc) is 1.57. The van der Waals surface area contributed by atoms with Crippen LogP contribution in [0.25, 0.3) is 0 Å². The second-order valence-electron chi connectivity index (χ2n) is 1.25. The van der Waals surface area contributed by atoms with Crippen molar-refractivity contribution in [1.82, 2.24) is 0 Å². The minimum Gasteiger partial charge on any atom is -0.175 e. The van der Waals surface area contributed by atoms with Gasteiger partial charge in [0.05, 0.1) is 0 Å². The van der Waals surface area contributed by atoms with E-state index in [0.29, 0.717) is 0 Å². The Balaban J connectivity index is 4.19. The molecule has 0 rings (SSSR count). The van der Waals surface area contributed by atoms with Crippen molar-refractivity contribution in [3.63, 3.8) is 0 Å². The fraction of sp³-hybridized carbons (Fsp3) is 0.500. The van der Waals surface area contributed by atoms with E-state index in [1.165, 1.54) is 0 Å². The van der Waals surface area contributed by atoms with Crippen molar-refractivity contribution < 1.29 is 17.6 Å². The van der Waals surface area contributed by atoms with Crippen molar-refractivity contribution in [3.05, 3.63) is 0 Å². The van der Waals surface area contributed by atoms with Crippen LogP contribution in [0.1, 0.15) is 0 Å². The largest absolute Gasteiger partial charge is 0.386 e. The highest BCUT2D eigenvalue weighted by Crippen LogP contribution is 2.21. The second-order valence-corrected chi connectivity index (χ2v) is 2.19. The van der Waals surface area contributed by atoms with Gasteiger partial charge in [-0.1, -0.05) is 0 Å². The number of hydrogen-bond acceptors (Lipinski definition) is 0. The first kappa shape index (κ1) is 9.86. The zero-order chi connectivity index (χ0) is 8.41. The lowest BCUT2D eigenvalue weighted by Crippen LogP contribution is -2.05. The standard InChI is InChI=1S/C4Cl2F4/c5-3(7,8)1-2-4(6,9)10. The van der Waals surface area contributed by atoms with E-state index in [2.05, 4.69) is 23.2 Å². The summed E-state index contributed by atoms with van der Waals surface area (Å²) in [6.07, 6.45) is 0. The molecule has 0 aliphatic carbocycles. The van der Waals surface area contributed by atoms with Gasteiger partial charge >= 0.3 is 10.8 Å². The van der Waals surface area contributed by atoms with E-state index in [0.717, 1.165) is 11.8 Å². The van der Waals surface area contributed by atoms with Crippen LogP contribution < -0.4 is 0 Å². The molecule has 0 aromatic heterocycles. The monoisotopic (exact) mass is 194 g/mol. The molecule has 0 fully saturated rings. The number of halogens is 6. The van der Waals surface area contributed by atoms with Gasteiger partial charge in [0.15, 0.2) is 0 Å². The summed E-state index contributed by atoms with van der Waals surface area (Å²) in [6.45, 7) is 0. The first-order valence-electron chi connectivity index (χ1n) is 1.88. The normalized spacial score (nSPS) is 12.2. The summed E-state index contributed by atoms with van der Waals surface area (Å²) >= 11 is 8.28. The van der Waals surface area contributed by atoms with E-state index in [-0.39, 0.29) is 0 Å². The maximum atomic E-state index is 11.5. The van der Waals surface area contributed by atoms with Crippen LogP contribution in [0, 0.1) is 11.8 Å². The van der Waals surface area contributed by atoms with Crippen LogP contribution in [0.15, 0.2) is 0 Å². The summed E-state index contributed by atoms with van der Waals surface area (Å²) in [4.78, 5) is 0. The molecular weight excluding hydrogens is 195 g/mol. The van der Waals surface area contributed by atoms with Gasteiger partial charge in [0.25, 0.3) is 0 Å². The molecule has 0 spiro atoms. The Hall–Kier alpha value is -0.140. The Bertz CT molecular complexity index is 148. The third-order valence-electron chi connectivity index (χ3n) is 0.346. The molecule has 0 N–H and O–H groups in total. The molecule has 0 saturated carbocycles. The minimum atomic E-state index is -3.95. The van der Waals surface area contributed by atoms with E-state index in [1.807, 2.05) is 0 Å². The molecule has 0 unspecified atom stereocenters. The quantitative estimate of drug-likeness (QED) is 0.316. The molecular formula is C4Cl2F4. The topological polar surface area (TPSA) is 0 Å². The Morgan fingerprint density at radius 1 is 0.800 bits per heavy atom. The molecule has 0 heterocycles. The van der Waals surface area contributed by atoms with Gasteiger partial charge < -0.3 is 0 Å². The molecule has 0 saturated heterocycles. The molecule has 0 amide bonds. The summed E-state index contributed by atoms with van der Waals surface area (Å²) in [5, 5.41) is -7.89. The van der Waals surface area contributed by atoms with Gasteiger partial charge in [0.2, 0.25) is 0 Å². The van der Waals surface area contributed by atoms with Crippen molar-refractivity contribution >= 4 is 23.2 Å². The number of hydrogen-bond donors (Lipinski definition) is 0. The lowest BCUT2D eigenvalue weighted by atomic mass is 10.6. The molecule has 0 atom stereocenters. The van der Waals surface area contributed by atoms with Crippen LogP contribution in [-0.4, -0.2) is 10.8 Å². The van der Waals surface area contributed by atoms with Crippen molar-refractivity contribution in [1.29, 1.82) is 0 Å². The Morgan fingerprint density at radius 2 is 1.00 bits per heavy atom. The lowest BCUT2D eigenvalue weighted by Gasteiger charge is -1.97. The van der Waals surface area contributed by atoms with E-state index in [9.17, 15) is 17.6 Å². The molecule has 0 radical (unpaired) electrons. The molecule has 0 nitrogen and oxygen atoms in total. The van der Waals surface area contributed by atoms with Gasteiger partial charge in [0.1, 0.15) is 0 Å². The zero-order valence-corrected chi connectivity index (χ0v) is 5.78. The molecule has 0 bridgehead atoms. The average molecular weight is 195 g/mol. The van der Waals surface area contributed by atoms with Crippen LogP contribution in [0.4, 0.5) is 17.6 Å². The summed E-state index contributed by atoms with van der Waals surface area (Å²) in [5.41, 5.74) is 0. The first-order valence-corrected chi connectivity index (χ1v) is 2.64. The van der Waals surface area contributed by atoms with Crippen LogP contribution in [0.2, 0.25) is 0 Å². The highest BCUT2D eigenvalue weighted by atomic mass is 35.5. The van der Waals surface area contributed by atoms with Gasteiger partial charge in [-0.2, -0.15) is 17.6 Å². The summed E-state index contributed by atoms with van der Waals surface area (Å²) in [5.74, 6) is 1.52. The third kappa shape index (κ3) is 7.86. The summed E-state index contributed by atoms with van der Waals surface area (Å²) < 4.78 is 45.8. The number of alkyl halides is 6. The fourth-order valence-corrected chi connectivity index (χ4v) is 0.236. The predicted octanol–water partition coefficient (Wildman–Crippen LogP) is 2.65. The van der Waals surface area contributed by atoms with Crippen LogP contribution in [0.5, 0.6) is 0 Å². The van der Waals surface area contributed by atoms with Crippen molar-refractivity contribution in [2.45, 2.75) is 10.8 Å². The first-order chi connectivity index (χ1) is 4.21. The summed E-state index contributed by atoms with van der Waals surface area (Å²) in [7, 11) is 0. The summed E-state index contributed by atoms with van der Waals surface area (Å²) in [6, 6.07) is 0. The van der Waals surface area contributed by atoms with E-state index >= 15 is 0 Å². The van der Waals surface area contributed by atoms with Gasteiger partial charge in [-0.15, -0.1) is 0 Å². The van der Waals surface area contributed by atoms with Gasteiger partial charge in [-0.3, -0.25) is 0 Å². The molecule has 0 aliphatic rings. The molecule has 6 heteroatoms. The Labute approximate surface area is 64.1 Å². The van der Waals surface area contributed by atoms with Crippen molar-refractivity contribution in [3.8, 4) is 11.8 Å². The zero-order valence-electron chi connectivity index (χ0n) is 4.27. The SMILES string of the molecule is FC(F)(Cl)C#CC(F)(F)Cl. The highest BCUT2D eigenvalue weighted by Gasteiger charge is 2.25. The molecule has 0 aliphatic heterocycles. The third-order valence-corrected chi connectivity index (χ3v) is 0.535. The maximum absolute atomic E-state index is 11.5.